The van der Waals surface area contributed by atoms with Crippen LogP contribution < -0.4 is 10.9 Å². The Balaban J connectivity index is 1.84. The van der Waals surface area contributed by atoms with Crippen molar-refractivity contribution in [1.29, 1.82) is 0 Å². The molecule has 176 valence electrons. The number of aryl methyl sites for hydroxylation is 2. The predicted molar refractivity (Wildman–Crippen MR) is 132 cm³/mol. The summed E-state index contributed by atoms with van der Waals surface area (Å²) >= 11 is 0. The van der Waals surface area contributed by atoms with Gasteiger partial charge in [-0.1, -0.05) is 48.5 Å². The molecule has 0 saturated heterocycles. The van der Waals surface area contributed by atoms with Gasteiger partial charge in [-0.25, -0.2) is 0 Å². The summed E-state index contributed by atoms with van der Waals surface area (Å²) in [4.78, 5) is 32.0. The third-order valence-corrected chi connectivity index (χ3v) is 7.07. The summed E-state index contributed by atoms with van der Waals surface area (Å²) < 4.78 is 1.78. The Morgan fingerprint density at radius 1 is 1.03 bits per heavy atom. The molecular weight excluding hydrogens is 428 g/mol. The second-order valence-electron chi connectivity index (χ2n) is 9.33. The topological polar surface area (TPSA) is 87.5 Å². The van der Waals surface area contributed by atoms with Gasteiger partial charge in [0.1, 0.15) is 0 Å². The zero-order valence-electron chi connectivity index (χ0n) is 19.8. The second kappa shape index (κ2) is 8.63. The molecule has 1 aliphatic carbocycles. The van der Waals surface area contributed by atoms with Crippen LogP contribution in [0.2, 0.25) is 0 Å². The third-order valence-electron chi connectivity index (χ3n) is 7.07. The van der Waals surface area contributed by atoms with Gasteiger partial charge in [0.15, 0.2) is 5.69 Å². The molecule has 34 heavy (non-hydrogen) atoms. The number of anilines is 1. The van der Waals surface area contributed by atoms with Gasteiger partial charge in [0.05, 0.1) is 6.04 Å². The Hall–Kier alpha value is -3.61. The van der Waals surface area contributed by atoms with E-state index in [0.29, 0.717) is 19.0 Å². The first kappa shape index (κ1) is 22.2. The van der Waals surface area contributed by atoms with Crippen molar-refractivity contribution in [3.05, 3.63) is 86.8 Å². The SMILES string of the molecule is CCNc1nc(=O)c(O)c2n1[C@@H](C1c3ccccc3CCc3ccccc31)CN(C(C)C)C2=O. The summed E-state index contributed by atoms with van der Waals surface area (Å²) in [5.74, 6) is -0.694. The molecule has 1 aliphatic heterocycles. The van der Waals surface area contributed by atoms with E-state index in [0.717, 1.165) is 12.8 Å². The summed E-state index contributed by atoms with van der Waals surface area (Å²) in [5, 5.41) is 14.0. The normalized spacial score (nSPS) is 17.7. The minimum atomic E-state index is -0.790. The molecule has 0 saturated carbocycles. The molecule has 7 heteroatoms. The number of hydrogen-bond acceptors (Lipinski definition) is 5. The Morgan fingerprint density at radius 2 is 1.62 bits per heavy atom. The van der Waals surface area contributed by atoms with Crippen molar-refractivity contribution in [2.24, 2.45) is 0 Å². The lowest BCUT2D eigenvalue weighted by atomic mass is 9.81. The number of fused-ring (bicyclic) bond motifs is 3. The Morgan fingerprint density at radius 3 is 2.18 bits per heavy atom. The van der Waals surface area contributed by atoms with E-state index < -0.39 is 11.3 Å². The van der Waals surface area contributed by atoms with Crippen molar-refractivity contribution in [2.75, 3.05) is 18.4 Å². The number of aromatic nitrogens is 2. The lowest BCUT2D eigenvalue weighted by Gasteiger charge is -2.42. The third kappa shape index (κ3) is 3.47. The van der Waals surface area contributed by atoms with E-state index in [4.69, 9.17) is 0 Å². The van der Waals surface area contributed by atoms with Crippen LogP contribution in [0.4, 0.5) is 5.95 Å². The maximum Gasteiger partial charge on any atom is 0.317 e. The molecule has 3 aromatic rings. The van der Waals surface area contributed by atoms with Gasteiger partial charge >= 0.3 is 5.56 Å². The number of amides is 1. The van der Waals surface area contributed by atoms with Crippen molar-refractivity contribution in [1.82, 2.24) is 14.5 Å². The van der Waals surface area contributed by atoms with Crippen LogP contribution in [0.3, 0.4) is 0 Å². The molecule has 2 N–H and O–H groups in total. The van der Waals surface area contributed by atoms with Crippen LogP contribution in [0.5, 0.6) is 5.75 Å². The van der Waals surface area contributed by atoms with E-state index in [2.05, 4.69) is 58.8 Å². The number of hydrogen-bond donors (Lipinski definition) is 2. The first-order valence-electron chi connectivity index (χ1n) is 12.0. The van der Waals surface area contributed by atoms with Gasteiger partial charge in [0.25, 0.3) is 5.91 Å². The monoisotopic (exact) mass is 458 g/mol. The fourth-order valence-electron chi connectivity index (χ4n) is 5.52. The fourth-order valence-corrected chi connectivity index (χ4v) is 5.52. The van der Waals surface area contributed by atoms with Crippen LogP contribution in [0, 0.1) is 0 Å². The van der Waals surface area contributed by atoms with Gasteiger partial charge in [-0.15, -0.1) is 0 Å². The van der Waals surface area contributed by atoms with Gasteiger partial charge in [-0.2, -0.15) is 4.98 Å². The highest BCUT2D eigenvalue weighted by Crippen LogP contribution is 2.45. The van der Waals surface area contributed by atoms with E-state index in [9.17, 15) is 14.7 Å². The zero-order valence-corrected chi connectivity index (χ0v) is 19.8. The summed E-state index contributed by atoms with van der Waals surface area (Å²) in [7, 11) is 0. The van der Waals surface area contributed by atoms with Gasteiger partial charge in [-0.05, 0) is 55.9 Å². The first-order valence-corrected chi connectivity index (χ1v) is 12.0. The minimum absolute atomic E-state index is 0.0140. The molecule has 0 fully saturated rings. The summed E-state index contributed by atoms with van der Waals surface area (Å²) in [6.45, 7) is 6.81. The standard InChI is InChI=1S/C27H30N4O3/c1-4-28-27-29-25(33)24(32)23-26(34)30(16(2)3)15-21(31(23)27)22-19-11-7-5-9-17(19)13-14-18-10-6-8-12-20(18)22/h5-12,16,21-22,32H,4,13-15H2,1-3H3,(H,28,29,33)/t21-/m1/s1. The lowest BCUT2D eigenvalue weighted by molar-refractivity contribution is 0.0588. The van der Waals surface area contributed by atoms with Crippen molar-refractivity contribution in [3.8, 4) is 5.75 Å². The quantitative estimate of drug-likeness (QED) is 0.622. The summed E-state index contributed by atoms with van der Waals surface area (Å²) in [6.07, 6.45) is 1.87. The average Bonchev–Trinajstić information content (AvgIpc) is 2.99. The highest BCUT2D eigenvalue weighted by atomic mass is 16.3. The highest BCUT2D eigenvalue weighted by Gasteiger charge is 2.42. The number of rotatable bonds is 4. The largest absolute Gasteiger partial charge is 0.501 e. The molecule has 2 aromatic carbocycles. The van der Waals surface area contributed by atoms with E-state index >= 15 is 0 Å². The zero-order chi connectivity index (χ0) is 24.0. The van der Waals surface area contributed by atoms with Crippen LogP contribution in [0.25, 0.3) is 0 Å². The number of nitrogens with one attached hydrogen (secondary N) is 1. The van der Waals surface area contributed by atoms with Crippen molar-refractivity contribution in [3.63, 3.8) is 0 Å². The van der Waals surface area contributed by atoms with Crippen molar-refractivity contribution in [2.45, 2.75) is 51.6 Å². The Bertz CT molecular complexity index is 1270. The van der Waals surface area contributed by atoms with Crippen LogP contribution in [-0.4, -0.2) is 44.6 Å². The Kier molecular flexibility index (Phi) is 5.63. The maximum atomic E-state index is 13.5. The van der Waals surface area contributed by atoms with Gasteiger partial charge in [0.2, 0.25) is 11.7 Å². The maximum absolute atomic E-state index is 13.5. The minimum Gasteiger partial charge on any atom is -0.501 e. The molecule has 2 aliphatic rings. The summed E-state index contributed by atoms with van der Waals surface area (Å²) in [5.41, 5.74) is 4.20. The van der Waals surface area contributed by atoms with E-state index in [-0.39, 0.29) is 29.6 Å². The number of nitrogens with zero attached hydrogens (tertiary/aromatic N) is 3. The van der Waals surface area contributed by atoms with Gasteiger partial charge < -0.3 is 15.3 Å². The fraction of sp³-hybridized carbons (Fsp3) is 0.370. The van der Waals surface area contributed by atoms with Crippen LogP contribution in [0.1, 0.15) is 65.5 Å². The van der Waals surface area contributed by atoms with Crippen LogP contribution >= 0.6 is 0 Å². The molecule has 0 spiro atoms. The molecule has 7 nitrogen and oxygen atoms in total. The van der Waals surface area contributed by atoms with Gasteiger partial charge in [0, 0.05) is 25.0 Å². The summed E-state index contributed by atoms with van der Waals surface area (Å²) in [6, 6.07) is 16.6. The van der Waals surface area contributed by atoms with E-state index in [1.54, 1.807) is 9.47 Å². The van der Waals surface area contributed by atoms with E-state index in [1.165, 1.54) is 22.3 Å². The van der Waals surface area contributed by atoms with Crippen LogP contribution in [0.15, 0.2) is 53.3 Å². The smallest absolute Gasteiger partial charge is 0.317 e. The lowest BCUT2D eigenvalue weighted by Crippen LogP contribution is -2.49. The number of aromatic hydroxyl groups is 1. The molecule has 2 heterocycles. The van der Waals surface area contributed by atoms with Crippen LogP contribution in [-0.2, 0) is 12.8 Å². The number of carbonyl (C=O) groups excluding carboxylic acids is 1. The molecular formula is C27H30N4O3. The molecule has 0 unspecified atom stereocenters. The molecule has 5 rings (SSSR count). The highest BCUT2D eigenvalue weighted by molar-refractivity contribution is 5.96. The predicted octanol–water partition coefficient (Wildman–Crippen LogP) is 3.72. The first-order chi connectivity index (χ1) is 16.4. The van der Waals surface area contributed by atoms with Crippen molar-refractivity contribution >= 4 is 11.9 Å². The number of benzene rings is 2. The Labute approximate surface area is 199 Å². The average molecular weight is 459 g/mol. The van der Waals surface area contributed by atoms with Gasteiger partial charge in [-0.3, -0.25) is 14.2 Å². The number of carbonyl (C=O) groups is 1. The molecule has 0 bridgehead atoms. The molecule has 1 amide bonds. The molecule has 1 atom stereocenters. The molecule has 1 aromatic heterocycles. The van der Waals surface area contributed by atoms with E-state index in [1.807, 2.05) is 20.8 Å². The molecule has 0 radical (unpaired) electrons. The van der Waals surface area contributed by atoms with Crippen molar-refractivity contribution < 1.29 is 9.90 Å². The second-order valence-corrected chi connectivity index (χ2v) is 9.33.